The Bertz CT molecular complexity index is 579. The highest BCUT2D eigenvalue weighted by molar-refractivity contribution is 7.87. The Morgan fingerprint density at radius 1 is 1.48 bits per heavy atom. The lowest BCUT2D eigenvalue weighted by Gasteiger charge is -2.37. The van der Waals surface area contributed by atoms with Crippen molar-refractivity contribution in [1.82, 2.24) is 9.62 Å². The highest BCUT2D eigenvalue weighted by Crippen LogP contribution is 2.30. The lowest BCUT2D eigenvalue weighted by atomic mass is 9.95. The number of benzene rings is 1. The topological polar surface area (TPSA) is 75.4 Å². The maximum atomic E-state index is 11.0. The van der Waals surface area contributed by atoms with E-state index in [-0.39, 0.29) is 12.0 Å². The molecule has 0 saturated carbocycles. The second-order valence-electron chi connectivity index (χ2n) is 5.59. The number of likely N-dealkylation sites (tertiary alicyclic amines) is 1. The molecule has 0 bridgehead atoms. The first-order valence-electron chi connectivity index (χ1n) is 7.12. The van der Waals surface area contributed by atoms with Crippen LogP contribution in [0.5, 0.6) is 0 Å². The van der Waals surface area contributed by atoms with Crippen molar-refractivity contribution < 1.29 is 8.42 Å². The Balaban J connectivity index is 1.99. The van der Waals surface area contributed by atoms with Gasteiger partial charge < -0.3 is 0 Å². The molecule has 1 aromatic carbocycles. The van der Waals surface area contributed by atoms with E-state index in [0.29, 0.717) is 6.54 Å². The van der Waals surface area contributed by atoms with Crippen molar-refractivity contribution in [2.45, 2.75) is 25.8 Å². The molecule has 7 heteroatoms. The monoisotopic (exact) mass is 331 g/mol. The average Bonchev–Trinajstić information content (AvgIpc) is 2.44. The lowest BCUT2D eigenvalue weighted by molar-refractivity contribution is 0.133. The predicted molar refractivity (Wildman–Crippen MR) is 85.3 cm³/mol. The van der Waals surface area contributed by atoms with Crippen LogP contribution in [0.2, 0.25) is 5.02 Å². The zero-order valence-electron chi connectivity index (χ0n) is 12.1. The summed E-state index contributed by atoms with van der Waals surface area (Å²) < 4.78 is 24.4. The second kappa shape index (κ2) is 7.07. The number of halogens is 1. The number of piperidine rings is 1. The minimum Gasteiger partial charge on any atom is -0.296 e. The first kappa shape index (κ1) is 16.7. The van der Waals surface area contributed by atoms with Gasteiger partial charge in [0.15, 0.2) is 0 Å². The molecule has 118 valence electrons. The molecule has 21 heavy (non-hydrogen) atoms. The summed E-state index contributed by atoms with van der Waals surface area (Å²) in [4.78, 5) is 2.35. The number of nitrogens with two attached hydrogens (primary N) is 1. The summed E-state index contributed by atoms with van der Waals surface area (Å²) in [6.45, 7) is 4.37. The molecule has 1 aliphatic heterocycles. The second-order valence-corrected chi connectivity index (χ2v) is 7.38. The normalized spacial score (nSPS) is 22.1. The summed E-state index contributed by atoms with van der Waals surface area (Å²) in [5, 5.41) is 5.76. The van der Waals surface area contributed by atoms with E-state index in [1.54, 1.807) is 0 Å². The molecule has 5 nitrogen and oxygen atoms in total. The molecule has 0 aromatic heterocycles. The summed E-state index contributed by atoms with van der Waals surface area (Å²) in [5.74, 6) is 0.280. The Kier molecular flexibility index (Phi) is 5.62. The van der Waals surface area contributed by atoms with Gasteiger partial charge in [0.05, 0.1) is 0 Å². The highest BCUT2D eigenvalue weighted by Gasteiger charge is 2.25. The molecule has 1 heterocycles. The predicted octanol–water partition coefficient (Wildman–Crippen LogP) is 1.91. The molecule has 2 rings (SSSR count). The quantitative estimate of drug-likeness (QED) is 0.865. The van der Waals surface area contributed by atoms with E-state index in [4.69, 9.17) is 16.7 Å². The summed E-state index contributed by atoms with van der Waals surface area (Å²) in [7, 11) is -3.61. The maximum Gasteiger partial charge on any atom is 0.274 e. The number of hydrogen-bond donors (Lipinski definition) is 2. The van der Waals surface area contributed by atoms with Gasteiger partial charge in [-0.25, -0.2) is 9.86 Å². The van der Waals surface area contributed by atoms with Crippen molar-refractivity contribution in [3.05, 3.63) is 34.9 Å². The average molecular weight is 332 g/mol. The molecule has 1 saturated heterocycles. The van der Waals surface area contributed by atoms with Crippen LogP contribution in [0.25, 0.3) is 0 Å². The fourth-order valence-corrected chi connectivity index (χ4v) is 3.62. The van der Waals surface area contributed by atoms with Gasteiger partial charge in [-0.05, 0) is 43.9 Å². The lowest BCUT2D eigenvalue weighted by Crippen LogP contribution is -2.43. The van der Waals surface area contributed by atoms with Gasteiger partial charge >= 0.3 is 0 Å². The molecule has 0 aliphatic carbocycles. The van der Waals surface area contributed by atoms with Gasteiger partial charge in [-0.3, -0.25) is 4.90 Å². The Morgan fingerprint density at radius 2 is 2.19 bits per heavy atom. The number of nitrogens with zero attached hydrogens (tertiary/aromatic N) is 1. The van der Waals surface area contributed by atoms with E-state index in [1.165, 1.54) is 0 Å². The van der Waals surface area contributed by atoms with Gasteiger partial charge in [0.2, 0.25) is 0 Å². The van der Waals surface area contributed by atoms with E-state index >= 15 is 0 Å². The zero-order chi connectivity index (χ0) is 15.5. The van der Waals surface area contributed by atoms with Crippen molar-refractivity contribution in [2.24, 2.45) is 11.1 Å². The van der Waals surface area contributed by atoms with E-state index in [0.717, 1.165) is 36.5 Å². The third-order valence-corrected chi connectivity index (χ3v) is 4.94. The zero-order valence-corrected chi connectivity index (χ0v) is 13.7. The van der Waals surface area contributed by atoms with E-state index in [9.17, 15) is 8.42 Å². The summed E-state index contributed by atoms with van der Waals surface area (Å²) in [6.07, 6.45) is 2.06. The van der Waals surface area contributed by atoms with Crippen LogP contribution in [0.1, 0.15) is 31.4 Å². The van der Waals surface area contributed by atoms with Crippen molar-refractivity contribution >= 4 is 21.8 Å². The van der Waals surface area contributed by atoms with E-state index < -0.39 is 10.2 Å². The number of rotatable bonds is 5. The molecule has 0 amide bonds. The standard InChI is InChI=1S/C14H22ClN3O2S/c1-11(13-6-2-3-7-14(13)15)18-8-4-5-12(10-18)9-17-21(16,19)20/h2-3,6-7,11-12,17H,4-5,8-10H2,1H3,(H2,16,19,20)/t11-,12+/m1/s1. The molecule has 1 fully saturated rings. The van der Waals surface area contributed by atoms with Crippen LogP contribution in [0, 0.1) is 5.92 Å². The van der Waals surface area contributed by atoms with E-state index in [2.05, 4.69) is 16.5 Å². The Morgan fingerprint density at radius 3 is 2.86 bits per heavy atom. The summed E-state index contributed by atoms with van der Waals surface area (Å²) >= 11 is 6.26. The molecule has 1 aliphatic rings. The molecule has 0 radical (unpaired) electrons. The molecule has 0 unspecified atom stereocenters. The van der Waals surface area contributed by atoms with Crippen molar-refractivity contribution in [3.8, 4) is 0 Å². The first-order chi connectivity index (χ1) is 9.87. The van der Waals surface area contributed by atoms with Crippen LogP contribution in [-0.4, -0.2) is 33.0 Å². The SMILES string of the molecule is C[C@H](c1ccccc1Cl)N1CCC[C@@H](CNS(N)(=O)=O)C1. The van der Waals surface area contributed by atoms with Crippen molar-refractivity contribution in [2.75, 3.05) is 19.6 Å². The van der Waals surface area contributed by atoms with Crippen LogP contribution < -0.4 is 9.86 Å². The van der Waals surface area contributed by atoms with Crippen LogP contribution >= 0.6 is 11.6 Å². The summed E-state index contributed by atoms with van der Waals surface area (Å²) in [6, 6.07) is 8.07. The van der Waals surface area contributed by atoms with E-state index in [1.807, 2.05) is 24.3 Å². The van der Waals surface area contributed by atoms with Gasteiger partial charge in [-0.1, -0.05) is 29.8 Å². The maximum absolute atomic E-state index is 11.0. The molecular weight excluding hydrogens is 310 g/mol. The van der Waals surface area contributed by atoms with Crippen molar-refractivity contribution in [3.63, 3.8) is 0 Å². The van der Waals surface area contributed by atoms with Gasteiger partial charge in [0, 0.05) is 24.2 Å². The smallest absolute Gasteiger partial charge is 0.274 e. The molecule has 3 N–H and O–H groups in total. The van der Waals surface area contributed by atoms with Crippen LogP contribution in [0.4, 0.5) is 0 Å². The molecule has 2 atom stereocenters. The fourth-order valence-electron chi connectivity index (χ4n) is 2.86. The summed E-state index contributed by atoms with van der Waals surface area (Å²) in [5.41, 5.74) is 1.11. The minimum absolute atomic E-state index is 0.219. The third-order valence-electron chi connectivity index (χ3n) is 4.03. The van der Waals surface area contributed by atoms with Gasteiger partial charge in [0.1, 0.15) is 0 Å². The van der Waals surface area contributed by atoms with Gasteiger partial charge in [-0.2, -0.15) is 8.42 Å². The highest BCUT2D eigenvalue weighted by atomic mass is 35.5. The Hall–Kier alpha value is -0.660. The van der Waals surface area contributed by atoms with Gasteiger partial charge in [0.25, 0.3) is 10.2 Å². The van der Waals surface area contributed by atoms with Crippen LogP contribution in [0.15, 0.2) is 24.3 Å². The molecule has 1 aromatic rings. The number of hydrogen-bond acceptors (Lipinski definition) is 3. The van der Waals surface area contributed by atoms with Gasteiger partial charge in [-0.15, -0.1) is 0 Å². The largest absolute Gasteiger partial charge is 0.296 e. The van der Waals surface area contributed by atoms with Crippen molar-refractivity contribution in [1.29, 1.82) is 0 Å². The fraction of sp³-hybridized carbons (Fsp3) is 0.571. The minimum atomic E-state index is -3.61. The molecule has 0 spiro atoms. The van der Waals surface area contributed by atoms with Crippen LogP contribution in [-0.2, 0) is 10.2 Å². The number of nitrogens with one attached hydrogen (secondary N) is 1. The first-order valence-corrected chi connectivity index (χ1v) is 9.05. The third kappa shape index (κ3) is 4.93. The Labute approximate surface area is 131 Å². The molecular formula is C14H22ClN3O2S. The van der Waals surface area contributed by atoms with Crippen LogP contribution in [0.3, 0.4) is 0 Å².